The van der Waals surface area contributed by atoms with Gasteiger partial charge in [-0.25, -0.2) is 4.79 Å². The first-order valence-corrected chi connectivity index (χ1v) is 12.7. The van der Waals surface area contributed by atoms with Gasteiger partial charge < -0.3 is 10.4 Å². The smallest absolute Gasteiger partial charge is 0.327 e. The number of rotatable bonds is 11. The quantitative estimate of drug-likeness (QED) is 0.329. The Hall–Kier alpha value is -2.70. The van der Waals surface area contributed by atoms with Crippen LogP contribution in [0.3, 0.4) is 0 Å². The molecule has 0 aromatic heterocycles. The molecule has 1 amide bonds. The molecule has 0 bridgehead atoms. The fraction of sp³-hybridized carbons (Fsp3) is 0.259. The van der Waals surface area contributed by atoms with Crippen LogP contribution in [0.15, 0.2) is 78.9 Å². The zero-order valence-corrected chi connectivity index (χ0v) is 20.3. The van der Waals surface area contributed by atoms with Crippen LogP contribution in [0.5, 0.6) is 0 Å². The predicted octanol–water partition coefficient (Wildman–Crippen LogP) is 5.25. The Kier molecular flexibility index (Phi) is 9.46. The molecule has 0 heterocycles. The summed E-state index contributed by atoms with van der Waals surface area (Å²) in [5.41, 5.74) is 5.59. The van der Waals surface area contributed by atoms with Crippen LogP contribution in [0.25, 0.3) is 11.1 Å². The van der Waals surface area contributed by atoms with Crippen molar-refractivity contribution in [1.29, 1.82) is 0 Å². The van der Waals surface area contributed by atoms with E-state index in [2.05, 4.69) is 30.1 Å². The molecule has 4 nitrogen and oxygen atoms in total. The molecule has 33 heavy (non-hydrogen) atoms. The molecule has 0 aliphatic rings. The van der Waals surface area contributed by atoms with Crippen molar-refractivity contribution in [2.75, 3.05) is 11.5 Å². The van der Waals surface area contributed by atoms with E-state index in [1.54, 1.807) is 0 Å². The normalized spacial score (nSPS) is 12.7. The number of aliphatic carboxylic acids is 1. The van der Waals surface area contributed by atoms with Gasteiger partial charge in [0.1, 0.15) is 6.04 Å². The van der Waals surface area contributed by atoms with Crippen molar-refractivity contribution in [2.45, 2.75) is 25.1 Å². The summed E-state index contributed by atoms with van der Waals surface area (Å²) in [6.07, 6.45) is 0.507. The van der Waals surface area contributed by atoms with Crippen LogP contribution in [0.1, 0.15) is 16.7 Å². The number of hydrogen-bond acceptors (Lipinski definition) is 4. The van der Waals surface area contributed by atoms with E-state index in [4.69, 9.17) is 0 Å². The second-order valence-corrected chi connectivity index (χ2v) is 9.44. The average molecular weight is 480 g/mol. The maximum atomic E-state index is 12.8. The minimum Gasteiger partial charge on any atom is -0.480 e. The van der Waals surface area contributed by atoms with Crippen LogP contribution < -0.4 is 5.32 Å². The molecular weight excluding hydrogens is 450 g/mol. The van der Waals surface area contributed by atoms with Gasteiger partial charge in [0.05, 0.1) is 5.92 Å². The van der Waals surface area contributed by atoms with Crippen LogP contribution in [0.2, 0.25) is 0 Å². The number of aryl methyl sites for hydroxylation is 1. The third-order valence-electron chi connectivity index (χ3n) is 5.42. The number of carbonyl (C=O) groups excluding carboxylic acids is 1. The summed E-state index contributed by atoms with van der Waals surface area (Å²) >= 11 is 5.85. The van der Waals surface area contributed by atoms with Gasteiger partial charge in [0.15, 0.2) is 0 Å². The Balaban J connectivity index is 1.55. The molecule has 6 heteroatoms. The van der Waals surface area contributed by atoms with E-state index in [-0.39, 0.29) is 5.91 Å². The van der Waals surface area contributed by atoms with E-state index in [1.807, 2.05) is 73.7 Å². The van der Waals surface area contributed by atoms with Crippen molar-refractivity contribution in [3.63, 3.8) is 0 Å². The summed E-state index contributed by atoms with van der Waals surface area (Å²) in [4.78, 5) is 24.5. The van der Waals surface area contributed by atoms with Gasteiger partial charge >= 0.3 is 5.97 Å². The summed E-state index contributed by atoms with van der Waals surface area (Å²) in [6, 6.07) is 25.4. The minimum absolute atomic E-state index is 0.277. The lowest BCUT2D eigenvalue weighted by molar-refractivity contribution is -0.141. The molecule has 0 saturated heterocycles. The van der Waals surface area contributed by atoms with Gasteiger partial charge in [-0.15, -0.1) is 0 Å². The number of thioether (sulfide) groups is 1. The molecular formula is C27H29NO3S2. The van der Waals surface area contributed by atoms with E-state index < -0.39 is 17.9 Å². The number of carboxylic acids is 1. The second-order valence-electron chi connectivity index (χ2n) is 8.05. The highest BCUT2D eigenvalue weighted by Gasteiger charge is 2.25. The van der Waals surface area contributed by atoms with E-state index in [1.165, 1.54) is 17.3 Å². The third kappa shape index (κ3) is 7.69. The molecule has 0 aliphatic carbocycles. The monoisotopic (exact) mass is 479 g/mol. The van der Waals surface area contributed by atoms with Crippen molar-refractivity contribution in [3.05, 3.63) is 95.6 Å². The molecule has 2 N–H and O–H groups in total. The van der Waals surface area contributed by atoms with E-state index >= 15 is 0 Å². The van der Waals surface area contributed by atoms with Gasteiger partial charge in [-0.05, 0) is 35.6 Å². The highest BCUT2D eigenvalue weighted by atomic mass is 32.2. The number of nitrogens with one attached hydrogen (secondary N) is 1. The third-order valence-corrected chi connectivity index (χ3v) is 6.97. The van der Waals surface area contributed by atoms with Crippen molar-refractivity contribution in [2.24, 2.45) is 5.92 Å². The Labute approximate surface area is 205 Å². The number of thiol groups is 1. The van der Waals surface area contributed by atoms with Gasteiger partial charge in [0.2, 0.25) is 5.91 Å². The van der Waals surface area contributed by atoms with Crippen LogP contribution in [0, 0.1) is 12.8 Å². The zero-order valence-electron chi connectivity index (χ0n) is 18.6. The SMILES string of the molecule is Cc1ccc(CSC[C@@H](NC(=O)[C@@H](CS)Cc2ccc(-c3ccccc3)cc2)C(=O)O)cc1. The highest BCUT2D eigenvalue weighted by Crippen LogP contribution is 2.21. The summed E-state index contributed by atoms with van der Waals surface area (Å²) < 4.78 is 0. The van der Waals surface area contributed by atoms with Gasteiger partial charge in [0, 0.05) is 17.3 Å². The lowest BCUT2D eigenvalue weighted by Crippen LogP contribution is -2.46. The summed E-state index contributed by atoms with van der Waals surface area (Å²) in [6.45, 7) is 2.03. The lowest BCUT2D eigenvalue weighted by atomic mass is 9.97. The molecule has 0 aliphatic heterocycles. The average Bonchev–Trinajstić information content (AvgIpc) is 2.83. The van der Waals surface area contributed by atoms with E-state index in [9.17, 15) is 14.7 Å². The maximum absolute atomic E-state index is 12.8. The lowest BCUT2D eigenvalue weighted by Gasteiger charge is -2.19. The van der Waals surface area contributed by atoms with Crippen LogP contribution in [0.4, 0.5) is 0 Å². The Morgan fingerprint density at radius 3 is 2.12 bits per heavy atom. The highest BCUT2D eigenvalue weighted by molar-refractivity contribution is 7.98. The van der Waals surface area contributed by atoms with Crippen molar-refractivity contribution < 1.29 is 14.7 Å². The molecule has 0 saturated carbocycles. The van der Waals surface area contributed by atoms with Crippen LogP contribution >= 0.6 is 24.4 Å². The van der Waals surface area contributed by atoms with Gasteiger partial charge in [0.25, 0.3) is 0 Å². The van der Waals surface area contributed by atoms with E-state index in [0.29, 0.717) is 23.7 Å². The second kappa shape index (κ2) is 12.5. The maximum Gasteiger partial charge on any atom is 0.327 e. The topological polar surface area (TPSA) is 66.4 Å². The number of amides is 1. The summed E-state index contributed by atoms with van der Waals surface area (Å²) in [5, 5.41) is 12.3. The molecule has 3 aromatic carbocycles. The molecule has 0 fully saturated rings. The fourth-order valence-corrected chi connectivity index (χ4v) is 4.73. The number of benzene rings is 3. The molecule has 3 aromatic rings. The molecule has 172 valence electrons. The Morgan fingerprint density at radius 1 is 0.909 bits per heavy atom. The van der Waals surface area contributed by atoms with Crippen molar-refractivity contribution in [1.82, 2.24) is 5.32 Å². The summed E-state index contributed by atoms with van der Waals surface area (Å²) in [7, 11) is 0. The van der Waals surface area contributed by atoms with Gasteiger partial charge in [-0.3, -0.25) is 4.79 Å². The summed E-state index contributed by atoms with van der Waals surface area (Å²) in [5.74, 6) is -0.357. The Morgan fingerprint density at radius 2 is 1.52 bits per heavy atom. The van der Waals surface area contributed by atoms with Crippen LogP contribution in [-0.4, -0.2) is 34.5 Å². The molecule has 0 spiro atoms. The molecule has 2 atom stereocenters. The Bertz CT molecular complexity index is 1040. The first-order chi connectivity index (χ1) is 16.0. The molecule has 0 radical (unpaired) electrons. The fourth-order valence-electron chi connectivity index (χ4n) is 3.43. The minimum atomic E-state index is -1.02. The van der Waals surface area contributed by atoms with Crippen LogP contribution in [-0.2, 0) is 21.8 Å². The number of carboxylic acid groups (broad SMARTS) is 1. The predicted molar refractivity (Wildman–Crippen MR) is 140 cm³/mol. The van der Waals surface area contributed by atoms with Crippen molar-refractivity contribution >= 4 is 36.3 Å². The molecule has 0 unspecified atom stereocenters. The first-order valence-electron chi connectivity index (χ1n) is 10.9. The molecule has 3 rings (SSSR count). The zero-order chi connectivity index (χ0) is 23.6. The number of carbonyl (C=O) groups is 2. The van der Waals surface area contributed by atoms with E-state index in [0.717, 1.165) is 22.3 Å². The number of hydrogen-bond donors (Lipinski definition) is 3. The van der Waals surface area contributed by atoms with Gasteiger partial charge in [-0.1, -0.05) is 84.4 Å². The van der Waals surface area contributed by atoms with Gasteiger partial charge in [-0.2, -0.15) is 24.4 Å². The first kappa shape index (κ1) is 24.9. The largest absolute Gasteiger partial charge is 0.480 e. The van der Waals surface area contributed by atoms with Crippen molar-refractivity contribution in [3.8, 4) is 11.1 Å². The standard InChI is InChI=1S/C27H29NO3S2/c1-19-7-9-21(10-8-19)17-33-18-25(27(30)31)28-26(29)24(16-32)15-20-11-13-23(14-12-20)22-5-3-2-4-6-22/h2-14,24-25,32H,15-18H2,1H3,(H,28,29)(H,30,31)/t24-,25-/m1/s1.